The molecule has 2 aromatic carbocycles. The molecule has 2 aliphatic heterocycles. The summed E-state index contributed by atoms with van der Waals surface area (Å²) in [7, 11) is -3.70. The zero-order chi connectivity index (χ0) is 22.3. The Morgan fingerprint density at radius 1 is 1.03 bits per heavy atom. The second-order valence-corrected chi connectivity index (χ2v) is 11.6. The lowest BCUT2D eigenvalue weighted by Crippen LogP contribution is -2.44. The first-order valence-electron chi connectivity index (χ1n) is 11.3. The molecule has 3 aliphatic rings. The van der Waals surface area contributed by atoms with E-state index in [-0.39, 0.29) is 22.8 Å². The van der Waals surface area contributed by atoms with Gasteiger partial charge in [0.25, 0.3) is 0 Å². The van der Waals surface area contributed by atoms with Gasteiger partial charge in [-0.1, -0.05) is 30.3 Å². The van der Waals surface area contributed by atoms with Crippen molar-refractivity contribution in [2.24, 2.45) is 5.92 Å². The third kappa shape index (κ3) is 4.64. The summed E-state index contributed by atoms with van der Waals surface area (Å²) >= 11 is 3.46. The van der Waals surface area contributed by atoms with Crippen LogP contribution >= 0.6 is 15.9 Å². The van der Waals surface area contributed by atoms with E-state index in [0.717, 1.165) is 63.0 Å². The van der Waals surface area contributed by atoms with Crippen LogP contribution in [-0.2, 0) is 27.8 Å². The maximum absolute atomic E-state index is 13.3. The SMILES string of the molecule is O=C(C1CC1)N1CCc2cc(Br)c(S(=O)(=O)NC3CCN(Cc4ccccc4)CC3)cc21. The maximum atomic E-state index is 13.3. The van der Waals surface area contributed by atoms with Gasteiger partial charge in [0.15, 0.2) is 0 Å². The summed E-state index contributed by atoms with van der Waals surface area (Å²) in [5.41, 5.74) is 3.06. The second kappa shape index (κ2) is 8.89. The third-order valence-electron chi connectivity index (χ3n) is 6.67. The minimum absolute atomic E-state index is 0.0867. The number of carbonyl (C=O) groups is 1. The van der Waals surface area contributed by atoms with E-state index in [1.165, 1.54) is 5.56 Å². The molecule has 8 heteroatoms. The number of fused-ring (bicyclic) bond motifs is 1. The number of hydrogen-bond acceptors (Lipinski definition) is 4. The number of anilines is 1. The molecule has 2 heterocycles. The number of rotatable bonds is 6. The fourth-order valence-corrected chi connectivity index (χ4v) is 7.12. The van der Waals surface area contributed by atoms with Crippen molar-refractivity contribution < 1.29 is 13.2 Å². The summed E-state index contributed by atoms with van der Waals surface area (Å²) in [5.74, 6) is 0.247. The number of nitrogens with one attached hydrogen (secondary N) is 1. The fourth-order valence-electron chi connectivity index (χ4n) is 4.71. The topological polar surface area (TPSA) is 69.7 Å². The van der Waals surface area contributed by atoms with Crippen LogP contribution in [0.1, 0.15) is 36.8 Å². The fraction of sp³-hybridized carbons (Fsp3) is 0.458. The zero-order valence-electron chi connectivity index (χ0n) is 18.0. The van der Waals surface area contributed by atoms with E-state index in [4.69, 9.17) is 0 Å². The molecule has 2 aromatic rings. The maximum Gasteiger partial charge on any atom is 0.242 e. The zero-order valence-corrected chi connectivity index (χ0v) is 20.4. The Kier molecular flexibility index (Phi) is 6.13. The van der Waals surface area contributed by atoms with Crippen LogP contribution in [0.15, 0.2) is 51.8 Å². The molecule has 1 N–H and O–H groups in total. The molecule has 1 saturated carbocycles. The van der Waals surface area contributed by atoms with Gasteiger partial charge in [-0.05, 0) is 71.3 Å². The first-order valence-corrected chi connectivity index (χ1v) is 13.6. The van der Waals surface area contributed by atoms with Crippen LogP contribution in [0.2, 0.25) is 0 Å². The highest BCUT2D eigenvalue weighted by molar-refractivity contribution is 9.10. The number of nitrogens with zero attached hydrogens (tertiary/aromatic N) is 2. The van der Waals surface area contributed by atoms with Gasteiger partial charge in [-0.25, -0.2) is 13.1 Å². The molecule has 0 atom stereocenters. The standard InChI is InChI=1S/C24H28BrN3O3S/c25-21-14-19-8-13-28(24(29)18-6-7-18)22(19)15-23(21)32(30,31)26-20-9-11-27(12-10-20)16-17-4-2-1-3-5-17/h1-5,14-15,18,20,26H,6-13,16H2. The summed E-state index contributed by atoms with van der Waals surface area (Å²) in [6.07, 6.45) is 4.20. The van der Waals surface area contributed by atoms with E-state index in [1.54, 1.807) is 11.0 Å². The lowest BCUT2D eigenvalue weighted by atomic mass is 10.1. The largest absolute Gasteiger partial charge is 0.312 e. The molecular formula is C24H28BrN3O3S. The van der Waals surface area contributed by atoms with Crippen molar-refractivity contribution in [1.82, 2.24) is 9.62 Å². The highest BCUT2D eigenvalue weighted by Crippen LogP contribution is 2.39. The monoisotopic (exact) mass is 517 g/mol. The minimum atomic E-state index is -3.70. The number of carbonyl (C=O) groups excluding carboxylic acids is 1. The van der Waals surface area contributed by atoms with Gasteiger partial charge in [0.05, 0.1) is 4.90 Å². The van der Waals surface area contributed by atoms with E-state index in [0.29, 0.717) is 11.0 Å². The Morgan fingerprint density at radius 2 is 1.75 bits per heavy atom. The van der Waals surface area contributed by atoms with Gasteiger partial charge >= 0.3 is 0 Å². The Hall–Kier alpha value is -1.74. The third-order valence-corrected chi connectivity index (χ3v) is 9.15. The number of sulfonamides is 1. The van der Waals surface area contributed by atoms with Gasteiger partial charge in [-0.15, -0.1) is 0 Å². The van der Waals surface area contributed by atoms with Crippen molar-refractivity contribution in [3.05, 3.63) is 58.1 Å². The molecule has 32 heavy (non-hydrogen) atoms. The first kappa shape index (κ1) is 22.1. The highest BCUT2D eigenvalue weighted by Gasteiger charge is 2.37. The smallest absolute Gasteiger partial charge is 0.242 e. The van der Waals surface area contributed by atoms with Crippen molar-refractivity contribution in [3.8, 4) is 0 Å². The lowest BCUT2D eigenvalue weighted by Gasteiger charge is -2.32. The van der Waals surface area contributed by atoms with E-state index in [1.807, 2.05) is 24.3 Å². The summed E-state index contributed by atoms with van der Waals surface area (Å²) < 4.78 is 30.0. The van der Waals surface area contributed by atoms with Crippen LogP contribution in [-0.4, -0.2) is 44.9 Å². The van der Waals surface area contributed by atoms with E-state index in [2.05, 4.69) is 37.7 Å². The Morgan fingerprint density at radius 3 is 2.44 bits per heavy atom. The van der Waals surface area contributed by atoms with Gasteiger partial charge in [0.1, 0.15) is 0 Å². The van der Waals surface area contributed by atoms with Crippen LogP contribution in [0.25, 0.3) is 0 Å². The van der Waals surface area contributed by atoms with Gasteiger partial charge in [0.2, 0.25) is 15.9 Å². The number of piperidine rings is 1. The second-order valence-electron chi connectivity index (χ2n) is 9.08. The molecular weight excluding hydrogens is 490 g/mol. The van der Waals surface area contributed by atoms with Gasteiger partial charge < -0.3 is 4.90 Å². The van der Waals surface area contributed by atoms with Gasteiger partial charge in [-0.3, -0.25) is 9.69 Å². The molecule has 1 amide bonds. The molecule has 0 unspecified atom stereocenters. The van der Waals surface area contributed by atoms with Crippen LogP contribution in [0, 0.1) is 5.92 Å². The van der Waals surface area contributed by atoms with Crippen LogP contribution < -0.4 is 9.62 Å². The number of benzene rings is 2. The van der Waals surface area contributed by atoms with Crippen LogP contribution in [0.5, 0.6) is 0 Å². The molecule has 0 radical (unpaired) electrons. The van der Waals surface area contributed by atoms with Gasteiger partial charge in [0, 0.05) is 48.3 Å². The number of hydrogen-bond donors (Lipinski definition) is 1. The molecule has 6 nitrogen and oxygen atoms in total. The molecule has 170 valence electrons. The van der Waals surface area contributed by atoms with E-state index >= 15 is 0 Å². The summed E-state index contributed by atoms with van der Waals surface area (Å²) in [5, 5.41) is 0. The average Bonchev–Trinajstić information content (AvgIpc) is 3.55. The van der Waals surface area contributed by atoms with Crippen molar-refractivity contribution in [3.63, 3.8) is 0 Å². The highest BCUT2D eigenvalue weighted by atomic mass is 79.9. The molecule has 0 spiro atoms. The number of amides is 1. The van der Waals surface area contributed by atoms with Crippen molar-refractivity contribution in [2.75, 3.05) is 24.5 Å². The molecule has 1 aliphatic carbocycles. The normalized spacial score (nSPS) is 19.8. The first-order chi connectivity index (χ1) is 15.4. The molecule has 5 rings (SSSR count). The molecule has 2 fully saturated rings. The summed E-state index contributed by atoms with van der Waals surface area (Å²) in [6, 6.07) is 13.8. The molecule has 1 saturated heterocycles. The van der Waals surface area contributed by atoms with Crippen LogP contribution in [0.3, 0.4) is 0 Å². The van der Waals surface area contributed by atoms with Crippen molar-refractivity contribution in [1.29, 1.82) is 0 Å². The molecule has 0 aromatic heterocycles. The number of likely N-dealkylation sites (tertiary alicyclic amines) is 1. The number of halogens is 1. The predicted molar refractivity (Wildman–Crippen MR) is 128 cm³/mol. The summed E-state index contributed by atoms with van der Waals surface area (Å²) in [6.45, 7) is 3.24. The van der Waals surface area contributed by atoms with Crippen LogP contribution in [0.4, 0.5) is 5.69 Å². The average molecular weight is 518 g/mol. The quantitative estimate of drug-likeness (QED) is 0.634. The minimum Gasteiger partial charge on any atom is -0.312 e. The van der Waals surface area contributed by atoms with Gasteiger partial charge in [-0.2, -0.15) is 0 Å². The Bertz CT molecular complexity index is 1110. The molecule has 0 bridgehead atoms. The van der Waals surface area contributed by atoms with Crippen molar-refractivity contribution in [2.45, 2.75) is 49.6 Å². The van der Waals surface area contributed by atoms with Crippen molar-refractivity contribution >= 4 is 37.5 Å². The Labute approximate surface area is 198 Å². The Balaban J connectivity index is 1.26. The predicted octanol–water partition coefficient (Wildman–Crippen LogP) is 3.69. The lowest BCUT2D eigenvalue weighted by molar-refractivity contribution is -0.119. The van der Waals surface area contributed by atoms with E-state index < -0.39 is 10.0 Å². The summed E-state index contributed by atoms with van der Waals surface area (Å²) in [4.78, 5) is 17.0. The van der Waals surface area contributed by atoms with E-state index in [9.17, 15) is 13.2 Å².